The summed E-state index contributed by atoms with van der Waals surface area (Å²) in [6.07, 6.45) is 4.01. The molecule has 32 heavy (non-hydrogen) atoms. The van der Waals surface area contributed by atoms with Gasteiger partial charge in [0, 0.05) is 41.8 Å². The van der Waals surface area contributed by atoms with Gasteiger partial charge in [-0.25, -0.2) is 8.42 Å². The topological polar surface area (TPSA) is 97.8 Å². The predicted molar refractivity (Wildman–Crippen MR) is 122 cm³/mol. The third-order valence-electron chi connectivity index (χ3n) is 5.06. The molecule has 1 saturated heterocycles. The maximum atomic E-state index is 12.7. The molecule has 0 bridgehead atoms. The SMILES string of the molecule is COc1ccc(NC(=O)c2ccc(N3CCCS3(=O)=O)cc2)cc1OCc1cccnc1. The molecule has 2 aromatic carbocycles. The second-order valence-electron chi connectivity index (χ2n) is 7.26. The minimum Gasteiger partial charge on any atom is -0.493 e. The van der Waals surface area contributed by atoms with Crippen LogP contribution in [-0.2, 0) is 16.6 Å². The molecule has 0 aliphatic carbocycles. The van der Waals surface area contributed by atoms with Gasteiger partial charge >= 0.3 is 0 Å². The Morgan fingerprint density at radius 1 is 1.12 bits per heavy atom. The number of benzene rings is 2. The van der Waals surface area contributed by atoms with E-state index in [-0.39, 0.29) is 11.7 Å². The molecule has 1 fully saturated rings. The van der Waals surface area contributed by atoms with Gasteiger partial charge in [0.2, 0.25) is 10.0 Å². The molecular formula is C23H23N3O5S. The Balaban J connectivity index is 1.45. The van der Waals surface area contributed by atoms with Crippen molar-refractivity contribution in [3.63, 3.8) is 0 Å². The van der Waals surface area contributed by atoms with E-state index in [9.17, 15) is 13.2 Å². The van der Waals surface area contributed by atoms with E-state index in [1.54, 1.807) is 62.0 Å². The Kier molecular flexibility index (Phi) is 6.27. The summed E-state index contributed by atoms with van der Waals surface area (Å²) in [6.45, 7) is 0.768. The molecule has 1 aliphatic rings. The van der Waals surface area contributed by atoms with Crippen molar-refractivity contribution in [3.05, 3.63) is 78.1 Å². The van der Waals surface area contributed by atoms with Gasteiger partial charge in [-0.3, -0.25) is 14.1 Å². The van der Waals surface area contributed by atoms with Crippen LogP contribution in [0.4, 0.5) is 11.4 Å². The predicted octanol–water partition coefficient (Wildman–Crippen LogP) is 3.46. The molecule has 1 N–H and O–H groups in total. The summed E-state index contributed by atoms with van der Waals surface area (Å²) in [6, 6.07) is 15.4. The molecule has 1 aliphatic heterocycles. The number of sulfonamides is 1. The molecule has 0 radical (unpaired) electrons. The molecule has 2 heterocycles. The zero-order chi connectivity index (χ0) is 22.6. The minimum absolute atomic E-state index is 0.151. The van der Waals surface area contributed by atoms with Crippen LogP contribution in [0.1, 0.15) is 22.3 Å². The maximum Gasteiger partial charge on any atom is 0.255 e. The van der Waals surface area contributed by atoms with Gasteiger partial charge < -0.3 is 14.8 Å². The summed E-state index contributed by atoms with van der Waals surface area (Å²) in [5, 5.41) is 2.83. The smallest absolute Gasteiger partial charge is 0.255 e. The third kappa shape index (κ3) is 4.83. The van der Waals surface area contributed by atoms with E-state index in [2.05, 4.69) is 10.3 Å². The van der Waals surface area contributed by atoms with Gasteiger partial charge in [-0.05, 0) is 48.9 Å². The zero-order valence-electron chi connectivity index (χ0n) is 17.5. The van der Waals surface area contributed by atoms with Crippen molar-refractivity contribution in [1.29, 1.82) is 0 Å². The highest BCUT2D eigenvalue weighted by Gasteiger charge is 2.28. The van der Waals surface area contributed by atoms with Crippen LogP contribution in [0.25, 0.3) is 0 Å². The molecule has 0 saturated carbocycles. The number of nitrogens with zero attached hydrogens (tertiary/aromatic N) is 2. The maximum absolute atomic E-state index is 12.7. The van der Waals surface area contributed by atoms with E-state index in [4.69, 9.17) is 9.47 Å². The number of pyridine rings is 1. The number of anilines is 2. The normalized spacial score (nSPS) is 14.7. The number of ether oxygens (including phenoxy) is 2. The Labute approximate surface area is 186 Å². The highest BCUT2D eigenvalue weighted by molar-refractivity contribution is 7.93. The van der Waals surface area contributed by atoms with Gasteiger partial charge in [0.25, 0.3) is 5.91 Å². The Morgan fingerprint density at radius 3 is 2.59 bits per heavy atom. The van der Waals surface area contributed by atoms with Crippen LogP contribution in [0.2, 0.25) is 0 Å². The molecule has 8 nitrogen and oxygen atoms in total. The first-order valence-corrected chi connectivity index (χ1v) is 11.7. The monoisotopic (exact) mass is 453 g/mol. The van der Waals surface area contributed by atoms with E-state index in [1.165, 1.54) is 4.31 Å². The molecule has 1 amide bonds. The van der Waals surface area contributed by atoms with E-state index >= 15 is 0 Å². The first-order chi connectivity index (χ1) is 15.5. The number of methoxy groups -OCH3 is 1. The van der Waals surface area contributed by atoms with Crippen molar-refractivity contribution in [3.8, 4) is 11.5 Å². The molecule has 0 spiro atoms. The fourth-order valence-electron chi connectivity index (χ4n) is 3.42. The summed E-state index contributed by atoms with van der Waals surface area (Å²) in [7, 11) is -1.71. The lowest BCUT2D eigenvalue weighted by Gasteiger charge is -2.17. The van der Waals surface area contributed by atoms with Gasteiger partial charge in [-0.1, -0.05) is 6.07 Å². The van der Waals surface area contributed by atoms with Crippen molar-refractivity contribution in [2.45, 2.75) is 13.0 Å². The molecule has 1 aromatic heterocycles. The number of hydrogen-bond acceptors (Lipinski definition) is 6. The first-order valence-electron chi connectivity index (χ1n) is 10.1. The molecule has 166 valence electrons. The van der Waals surface area contributed by atoms with Crippen LogP contribution in [-0.4, -0.2) is 38.7 Å². The van der Waals surface area contributed by atoms with Crippen LogP contribution >= 0.6 is 0 Å². The number of rotatable bonds is 7. The van der Waals surface area contributed by atoms with Crippen LogP contribution < -0.4 is 19.1 Å². The highest BCUT2D eigenvalue weighted by Crippen LogP contribution is 2.31. The standard InChI is InChI=1S/C23H23N3O5S/c1-30-21-10-7-19(14-22(21)31-16-17-4-2-11-24-15-17)25-23(27)18-5-8-20(9-6-18)26-12-3-13-32(26,28)29/h2,4-11,14-15H,3,12-13,16H2,1H3,(H,25,27). The van der Waals surface area contributed by atoms with Gasteiger partial charge in [-0.2, -0.15) is 0 Å². The number of hydrogen-bond donors (Lipinski definition) is 1. The van der Waals surface area contributed by atoms with E-state index < -0.39 is 10.0 Å². The van der Waals surface area contributed by atoms with E-state index in [0.717, 1.165) is 5.56 Å². The number of amides is 1. The second kappa shape index (κ2) is 9.27. The van der Waals surface area contributed by atoms with Crippen LogP contribution in [0.15, 0.2) is 67.0 Å². The lowest BCUT2D eigenvalue weighted by molar-refractivity contribution is 0.102. The lowest BCUT2D eigenvalue weighted by Crippen LogP contribution is -2.25. The quantitative estimate of drug-likeness (QED) is 0.588. The summed E-state index contributed by atoms with van der Waals surface area (Å²) >= 11 is 0. The lowest BCUT2D eigenvalue weighted by atomic mass is 10.2. The van der Waals surface area contributed by atoms with Gasteiger partial charge in [0.05, 0.1) is 18.6 Å². The highest BCUT2D eigenvalue weighted by atomic mass is 32.2. The Morgan fingerprint density at radius 2 is 1.94 bits per heavy atom. The van der Waals surface area contributed by atoms with Crippen molar-refractivity contribution < 1.29 is 22.7 Å². The van der Waals surface area contributed by atoms with Crippen molar-refractivity contribution >= 4 is 27.3 Å². The number of carbonyl (C=O) groups excluding carboxylic acids is 1. The molecule has 9 heteroatoms. The molecule has 0 unspecified atom stereocenters. The van der Waals surface area contributed by atoms with Crippen molar-refractivity contribution in [2.24, 2.45) is 0 Å². The van der Waals surface area contributed by atoms with Gasteiger partial charge in [0.15, 0.2) is 11.5 Å². The Hall–Kier alpha value is -3.59. The average molecular weight is 454 g/mol. The summed E-state index contributed by atoms with van der Waals surface area (Å²) in [5.74, 6) is 0.869. The molecule has 0 atom stereocenters. The summed E-state index contributed by atoms with van der Waals surface area (Å²) in [5.41, 5.74) is 2.43. The van der Waals surface area contributed by atoms with Crippen LogP contribution in [0.3, 0.4) is 0 Å². The second-order valence-corrected chi connectivity index (χ2v) is 9.27. The van der Waals surface area contributed by atoms with Gasteiger partial charge in [-0.15, -0.1) is 0 Å². The summed E-state index contributed by atoms with van der Waals surface area (Å²) < 4.78 is 36.7. The van der Waals surface area contributed by atoms with Crippen LogP contribution in [0.5, 0.6) is 11.5 Å². The number of carbonyl (C=O) groups is 1. The van der Waals surface area contributed by atoms with Crippen LogP contribution in [0, 0.1) is 0 Å². The molecule has 4 rings (SSSR count). The van der Waals surface area contributed by atoms with E-state index in [1.807, 2.05) is 12.1 Å². The van der Waals surface area contributed by atoms with Gasteiger partial charge in [0.1, 0.15) is 6.61 Å². The van der Waals surface area contributed by atoms with Crippen molar-refractivity contribution in [1.82, 2.24) is 4.98 Å². The minimum atomic E-state index is -3.26. The fraction of sp³-hybridized carbons (Fsp3) is 0.217. The van der Waals surface area contributed by atoms with E-state index in [0.29, 0.717) is 48.0 Å². The molecular weight excluding hydrogens is 430 g/mol. The fourth-order valence-corrected chi connectivity index (χ4v) is 4.99. The van der Waals surface area contributed by atoms with Crippen molar-refractivity contribution in [2.75, 3.05) is 29.0 Å². The number of aromatic nitrogens is 1. The Bertz CT molecular complexity index is 1200. The number of nitrogens with one attached hydrogen (secondary N) is 1. The summed E-state index contributed by atoms with van der Waals surface area (Å²) in [4.78, 5) is 16.8. The first kappa shape index (κ1) is 21.6. The molecule has 3 aromatic rings. The zero-order valence-corrected chi connectivity index (χ0v) is 18.3. The largest absolute Gasteiger partial charge is 0.493 e. The average Bonchev–Trinajstić information content (AvgIpc) is 3.17. The third-order valence-corrected chi connectivity index (χ3v) is 6.92.